The van der Waals surface area contributed by atoms with Crippen LogP contribution in [0.5, 0.6) is 0 Å². The average molecular weight is 416 g/mol. The van der Waals surface area contributed by atoms with E-state index in [-0.39, 0.29) is 18.0 Å². The molecule has 150 valence electrons. The molecule has 6 heteroatoms. The number of rotatable bonds is 4. The quantitative estimate of drug-likeness (QED) is 0.531. The molecular formula is C24H21N3O2S. The lowest BCUT2D eigenvalue weighted by Crippen LogP contribution is -2.27. The minimum Gasteiger partial charge on any atom is -0.325 e. The van der Waals surface area contributed by atoms with Crippen molar-refractivity contribution < 1.29 is 4.79 Å². The Balaban J connectivity index is 1.42. The van der Waals surface area contributed by atoms with Crippen LogP contribution in [0.3, 0.4) is 0 Å². The van der Waals surface area contributed by atoms with Crippen molar-refractivity contribution in [2.45, 2.75) is 32.7 Å². The highest BCUT2D eigenvalue weighted by molar-refractivity contribution is 7.22. The van der Waals surface area contributed by atoms with E-state index in [1.54, 1.807) is 0 Å². The van der Waals surface area contributed by atoms with Gasteiger partial charge in [-0.1, -0.05) is 36.4 Å². The van der Waals surface area contributed by atoms with Gasteiger partial charge in [-0.05, 0) is 60.6 Å². The average Bonchev–Trinajstić information content (AvgIpc) is 3.35. The molecule has 0 aliphatic heterocycles. The third kappa shape index (κ3) is 3.33. The number of thiophene rings is 1. The lowest BCUT2D eigenvalue weighted by molar-refractivity contribution is -0.116. The zero-order valence-electron chi connectivity index (χ0n) is 16.6. The number of hydrogen-bond donors (Lipinski definition) is 1. The predicted molar refractivity (Wildman–Crippen MR) is 121 cm³/mol. The van der Waals surface area contributed by atoms with Gasteiger partial charge in [0.15, 0.2) is 0 Å². The third-order valence-electron chi connectivity index (χ3n) is 5.65. The molecule has 5 rings (SSSR count). The van der Waals surface area contributed by atoms with E-state index < -0.39 is 0 Å². The number of carbonyl (C=O) groups excluding carboxylic acids is 1. The minimum absolute atomic E-state index is 0.0607. The van der Waals surface area contributed by atoms with Crippen molar-refractivity contribution in [3.05, 3.63) is 81.9 Å². The molecule has 5 nitrogen and oxygen atoms in total. The smallest absolute Gasteiger partial charge is 0.262 e. The van der Waals surface area contributed by atoms with E-state index in [1.165, 1.54) is 39.8 Å². The highest BCUT2D eigenvalue weighted by Gasteiger charge is 2.17. The molecule has 2 aromatic carbocycles. The van der Waals surface area contributed by atoms with Crippen molar-refractivity contribution in [2.24, 2.45) is 0 Å². The molecule has 0 spiro atoms. The maximum atomic E-state index is 13.1. The fourth-order valence-corrected chi connectivity index (χ4v) is 5.29. The number of hydrogen-bond acceptors (Lipinski definition) is 4. The maximum Gasteiger partial charge on any atom is 0.262 e. The van der Waals surface area contributed by atoms with E-state index in [4.69, 9.17) is 0 Å². The first-order chi connectivity index (χ1) is 14.6. The summed E-state index contributed by atoms with van der Waals surface area (Å²) < 4.78 is 1.39. The van der Waals surface area contributed by atoms with Gasteiger partial charge < -0.3 is 5.32 Å². The van der Waals surface area contributed by atoms with Crippen LogP contribution in [0, 0.1) is 6.92 Å². The summed E-state index contributed by atoms with van der Waals surface area (Å²) in [4.78, 5) is 31.9. The van der Waals surface area contributed by atoms with Crippen LogP contribution in [0.1, 0.15) is 23.1 Å². The molecule has 1 N–H and O–H groups in total. The van der Waals surface area contributed by atoms with E-state index >= 15 is 0 Å². The number of nitrogens with zero attached hydrogens (tertiary/aromatic N) is 2. The Kier molecular flexibility index (Phi) is 4.71. The summed E-state index contributed by atoms with van der Waals surface area (Å²) in [5, 5.41) is 3.51. The Morgan fingerprint density at radius 2 is 1.93 bits per heavy atom. The zero-order chi connectivity index (χ0) is 20.7. The van der Waals surface area contributed by atoms with Crippen molar-refractivity contribution in [3.8, 4) is 10.4 Å². The summed E-state index contributed by atoms with van der Waals surface area (Å²) in [5.74, 6) is -0.229. The van der Waals surface area contributed by atoms with Crippen molar-refractivity contribution in [1.29, 1.82) is 0 Å². The first-order valence-electron chi connectivity index (χ1n) is 10.1. The van der Waals surface area contributed by atoms with Crippen molar-refractivity contribution in [3.63, 3.8) is 0 Å². The fourth-order valence-electron chi connectivity index (χ4n) is 4.14. The highest BCUT2D eigenvalue weighted by Crippen LogP contribution is 2.35. The number of aryl methyl sites for hydroxylation is 3. The van der Waals surface area contributed by atoms with E-state index in [2.05, 4.69) is 16.4 Å². The number of aromatic nitrogens is 2. The molecule has 1 aliphatic carbocycles. The summed E-state index contributed by atoms with van der Waals surface area (Å²) in [6.07, 6.45) is 4.80. The van der Waals surface area contributed by atoms with E-state index in [0.29, 0.717) is 10.2 Å². The minimum atomic E-state index is -0.229. The van der Waals surface area contributed by atoms with Crippen molar-refractivity contribution in [1.82, 2.24) is 9.55 Å². The van der Waals surface area contributed by atoms with Gasteiger partial charge in [0.25, 0.3) is 5.56 Å². The van der Waals surface area contributed by atoms with Crippen LogP contribution in [-0.4, -0.2) is 15.5 Å². The van der Waals surface area contributed by atoms with Gasteiger partial charge in [-0.2, -0.15) is 0 Å². The molecule has 4 aromatic rings. The second kappa shape index (κ2) is 7.54. The Hall–Kier alpha value is -3.25. The summed E-state index contributed by atoms with van der Waals surface area (Å²) in [7, 11) is 0. The number of benzene rings is 2. The molecule has 30 heavy (non-hydrogen) atoms. The fraction of sp³-hybridized carbons (Fsp3) is 0.208. The molecule has 1 amide bonds. The lowest BCUT2D eigenvalue weighted by atomic mass is 10.1. The van der Waals surface area contributed by atoms with Gasteiger partial charge in [0.1, 0.15) is 11.4 Å². The van der Waals surface area contributed by atoms with Crippen molar-refractivity contribution in [2.75, 3.05) is 5.32 Å². The highest BCUT2D eigenvalue weighted by atomic mass is 32.1. The first-order valence-corrected chi connectivity index (χ1v) is 10.9. The Morgan fingerprint density at radius 3 is 2.77 bits per heavy atom. The van der Waals surface area contributed by atoms with Crippen LogP contribution in [0.15, 0.2) is 59.7 Å². The van der Waals surface area contributed by atoms with E-state index in [9.17, 15) is 9.59 Å². The largest absolute Gasteiger partial charge is 0.325 e. The number of amides is 1. The Bertz CT molecular complexity index is 1320. The zero-order valence-corrected chi connectivity index (χ0v) is 17.5. The lowest BCUT2D eigenvalue weighted by Gasteiger charge is -2.09. The predicted octanol–water partition coefficient (Wildman–Crippen LogP) is 4.56. The molecule has 2 heterocycles. The van der Waals surface area contributed by atoms with Gasteiger partial charge in [0.05, 0.1) is 11.7 Å². The van der Waals surface area contributed by atoms with Crippen LogP contribution in [-0.2, 0) is 24.2 Å². The van der Waals surface area contributed by atoms with Crippen LogP contribution in [0.4, 0.5) is 5.69 Å². The van der Waals surface area contributed by atoms with Crippen molar-refractivity contribution >= 4 is 33.1 Å². The van der Waals surface area contributed by atoms with Crippen LogP contribution < -0.4 is 10.9 Å². The van der Waals surface area contributed by atoms with Crippen LogP contribution in [0.2, 0.25) is 0 Å². The summed E-state index contributed by atoms with van der Waals surface area (Å²) in [5.41, 5.74) is 5.24. The van der Waals surface area contributed by atoms with Gasteiger partial charge in [0.2, 0.25) is 5.91 Å². The molecule has 0 bridgehead atoms. The molecule has 0 saturated carbocycles. The second-order valence-electron chi connectivity index (χ2n) is 7.67. The molecule has 2 aromatic heterocycles. The number of carbonyl (C=O) groups is 1. The SMILES string of the molecule is Cc1c(-c2ccccc2)sc2ncn(CC(=O)Nc3ccc4c(c3)CCC4)c(=O)c12. The number of fused-ring (bicyclic) bond motifs is 2. The molecule has 0 unspecified atom stereocenters. The molecule has 0 fully saturated rings. The molecular weight excluding hydrogens is 394 g/mol. The van der Waals surface area contributed by atoms with Crippen LogP contribution in [0.25, 0.3) is 20.7 Å². The van der Waals surface area contributed by atoms with Gasteiger partial charge in [-0.3, -0.25) is 14.2 Å². The second-order valence-corrected chi connectivity index (χ2v) is 8.66. The molecule has 0 atom stereocenters. The Labute approximate surface area is 178 Å². The first kappa shape index (κ1) is 18.8. The molecule has 0 radical (unpaired) electrons. The topological polar surface area (TPSA) is 64.0 Å². The number of nitrogens with one attached hydrogen (secondary N) is 1. The standard InChI is InChI=1S/C24H21N3O2S/c1-15-21-23(30-22(15)17-6-3-2-4-7-17)25-14-27(24(21)29)13-20(28)26-19-11-10-16-8-5-9-18(16)12-19/h2-4,6-7,10-12,14H,5,8-9,13H2,1H3,(H,26,28). The maximum absolute atomic E-state index is 13.1. The van der Waals surface area contributed by atoms with E-state index in [0.717, 1.165) is 34.5 Å². The summed E-state index contributed by atoms with van der Waals surface area (Å²) >= 11 is 1.51. The van der Waals surface area contributed by atoms with E-state index in [1.807, 2.05) is 49.4 Å². The van der Waals surface area contributed by atoms with Gasteiger partial charge in [-0.25, -0.2) is 4.98 Å². The molecule has 1 aliphatic rings. The normalized spacial score (nSPS) is 12.8. The van der Waals surface area contributed by atoms with Gasteiger partial charge in [-0.15, -0.1) is 11.3 Å². The van der Waals surface area contributed by atoms with Crippen LogP contribution >= 0.6 is 11.3 Å². The summed E-state index contributed by atoms with van der Waals surface area (Å²) in [6.45, 7) is 1.88. The number of anilines is 1. The monoisotopic (exact) mass is 415 g/mol. The third-order valence-corrected chi connectivity index (χ3v) is 6.90. The Morgan fingerprint density at radius 1 is 1.13 bits per heavy atom. The molecule has 0 saturated heterocycles. The van der Waals surface area contributed by atoms with Gasteiger partial charge >= 0.3 is 0 Å². The summed E-state index contributed by atoms with van der Waals surface area (Å²) in [6, 6.07) is 16.0. The van der Waals surface area contributed by atoms with Gasteiger partial charge in [0, 0.05) is 10.6 Å².